The average Bonchev–Trinajstić information content (AvgIpc) is 3.08. The number of hydrogen-bond donors (Lipinski definition) is 3. The Hall–Kier alpha value is -4.77. The number of anilines is 2. The number of carboxylic acid groups (broad SMARTS) is 1. The third-order valence-electron chi connectivity index (χ3n) is 6.35. The van der Waals surface area contributed by atoms with Gasteiger partial charge in [0.25, 0.3) is 0 Å². The Kier molecular flexibility index (Phi) is 9.64. The highest BCUT2D eigenvalue weighted by molar-refractivity contribution is 8.00. The van der Waals surface area contributed by atoms with Gasteiger partial charge in [0.05, 0.1) is 11.4 Å². The highest BCUT2D eigenvalue weighted by Crippen LogP contribution is 2.35. The lowest BCUT2D eigenvalue weighted by molar-refractivity contribution is -0.134. The Bertz CT molecular complexity index is 1460. The fourth-order valence-corrected chi connectivity index (χ4v) is 5.07. The van der Waals surface area contributed by atoms with Crippen LogP contribution in [0.4, 0.5) is 21.0 Å². The molecule has 3 aromatic carbocycles. The van der Waals surface area contributed by atoms with Crippen molar-refractivity contribution in [1.82, 2.24) is 15.3 Å². The second-order valence-electron chi connectivity index (χ2n) is 9.01. The fraction of sp³-hybridized carbons (Fsp3) is 0.200. The minimum Gasteiger partial charge on any atom is -0.481 e. The van der Waals surface area contributed by atoms with Gasteiger partial charge in [0, 0.05) is 41.0 Å². The Balaban J connectivity index is 1.67. The second-order valence-corrected chi connectivity index (χ2v) is 10.1. The molecule has 41 heavy (non-hydrogen) atoms. The van der Waals surface area contributed by atoms with Crippen molar-refractivity contribution in [1.29, 1.82) is 0 Å². The maximum absolute atomic E-state index is 13.9. The van der Waals surface area contributed by atoms with E-state index >= 15 is 0 Å². The third kappa shape index (κ3) is 7.25. The van der Waals surface area contributed by atoms with Crippen molar-refractivity contribution in [2.75, 3.05) is 35.6 Å². The Labute approximate surface area is 242 Å². The number of nitrogens with one attached hydrogen (secondary N) is 2. The van der Waals surface area contributed by atoms with E-state index < -0.39 is 18.0 Å². The van der Waals surface area contributed by atoms with Gasteiger partial charge in [0.1, 0.15) is 6.54 Å². The molecule has 1 aliphatic rings. The molecular weight excluding hydrogens is 542 g/mol. The summed E-state index contributed by atoms with van der Waals surface area (Å²) in [6.07, 6.45) is 1.55. The number of rotatable bonds is 10. The topological polar surface area (TPSA) is 122 Å². The van der Waals surface area contributed by atoms with Crippen LogP contribution in [0.25, 0.3) is 5.57 Å². The number of likely N-dealkylation sites (N-methyl/N-ethyl adjacent to an activating group) is 1. The molecule has 1 aliphatic heterocycles. The summed E-state index contributed by atoms with van der Waals surface area (Å²) in [5, 5.41) is 12.7. The monoisotopic (exact) mass is 573 g/mol. The number of carboxylic acids is 1. The number of para-hydroxylation sites is 1. The number of hydrogen-bond acceptors (Lipinski definition) is 5. The summed E-state index contributed by atoms with van der Waals surface area (Å²) in [5.74, 6) is -1.29. The van der Waals surface area contributed by atoms with Crippen LogP contribution >= 0.6 is 11.8 Å². The lowest BCUT2D eigenvalue weighted by Crippen LogP contribution is -2.52. The summed E-state index contributed by atoms with van der Waals surface area (Å²) in [6, 6.07) is 22.2. The number of aliphatic carboxylic acids is 1. The third-order valence-corrected chi connectivity index (χ3v) is 7.33. The first-order valence-electron chi connectivity index (χ1n) is 13.1. The lowest BCUT2D eigenvalue weighted by atomic mass is 9.97. The van der Waals surface area contributed by atoms with Crippen molar-refractivity contribution in [2.45, 2.75) is 18.7 Å². The first-order chi connectivity index (χ1) is 19.8. The zero-order valence-corrected chi connectivity index (χ0v) is 23.6. The molecule has 0 fully saturated rings. The first kappa shape index (κ1) is 29.2. The molecule has 0 unspecified atom stereocenters. The minimum atomic E-state index is -0.947. The highest BCUT2D eigenvalue weighted by Gasteiger charge is 2.32. The Morgan fingerprint density at radius 1 is 0.927 bits per heavy atom. The number of hydrazine groups is 1. The van der Waals surface area contributed by atoms with E-state index in [1.54, 1.807) is 47.5 Å². The van der Waals surface area contributed by atoms with E-state index in [1.165, 1.54) is 4.90 Å². The molecule has 5 amide bonds. The van der Waals surface area contributed by atoms with E-state index in [4.69, 9.17) is 5.11 Å². The maximum Gasteiger partial charge on any atom is 0.347 e. The summed E-state index contributed by atoms with van der Waals surface area (Å²) in [7, 11) is 0. The predicted octanol–water partition coefficient (Wildman–Crippen LogP) is 5.10. The van der Waals surface area contributed by atoms with Crippen molar-refractivity contribution < 1.29 is 24.3 Å². The zero-order chi connectivity index (χ0) is 29.4. The maximum atomic E-state index is 13.9. The normalized spacial score (nSPS) is 12.6. The molecule has 4 rings (SSSR count). The van der Waals surface area contributed by atoms with E-state index in [2.05, 4.69) is 10.7 Å². The van der Waals surface area contributed by atoms with Crippen molar-refractivity contribution in [3.05, 3.63) is 96.2 Å². The number of amides is 5. The summed E-state index contributed by atoms with van der Waals surface area (Å²) in [4.78, 5) is 54.8. The van der Waals surface area contributed by atoms with Gasteiger partial charge >= 0.3 is 18.0 Å². The molecular formula is C30H31N5O5S. The molecule has 0 saturated carbocycles. The molecule has 0 saturated heterocycles. The SMILES string of the molecule is CCN(CC)C(=O)CN1C(=O)N(NC(=O)Nc2cccc(SCC(=O)O)c2)C=C(c2ccccc2)c2ccccc21. The van der Waals surface area contributed by atoms with Gasteiger partial charge in [-0.25, -0.2) is 20.0 Å². The van der Waals surface area contributed by atoms with E-state index in [0.717, 1.165) is 27.9 Å². The first-order valence-corrected chi connectivity index (χ1v) is 14.1. The van der Waals surface area contributed by atoms with Crippen molar-refractivity contribution in [3.8, 4) is 0 Å². The van der Waals surface area contributed by atoms with E-state index in [-0.39, 0.29) is 18.2 Å². The smallest absolute Gasteiger partial charge is 0.347 e. The minimum absolute atomic E-state index is 0.117. The number of carbonyl (C=O) groups is 4. The number of benzene rings is 3. The van der Waals surface area contributed by atoms with E-state index in [1.807, 2.05) is 56.3 Å². The number of thioether (sulfide) groups is 1. The van der Waals surface area contributed by atoms with Crippen LogP contribution in [-0.2, 0) is 9.59 Å². The van der Waals surface area contributed by atoms with Crippen LogP contribution in [0.2, 0.25) is 0 Å². The van der Waals surface area contributed by atoms with Crippen LogP contribution in [-0.4, -0.2) is 64.3 Å². The average molecular weight is 574 g/mol. The molecule has 0 radical (unpaired) electrons. The molecule has 212 valence electrons. The molecule has 10 nitrogen and oxygen atoms in total. The van der Waals surface area contributed by atoms with Crippen LogP contribution in [0, 0.1) is 0 Å². The molecule has 0 aromatic heterocycles. The summed E-state index contributed by atoms with van der Waals surface area (Å²) >= 11 is 1.12. The molecule has 0 aliphatic carbocycles. The molecule has 1 heterocycles. The van der Waals surface area contributed by atoms with Crippen LogP contribution in [0.5, 0.6) is 0 Å². The van der Waals surface area contributed by atoms with Gasteiger partial charge in [-0.1, -0.05) is 54.6 Å². The Morgan fingerprint density at radius 3 is 2.34 bits per heavy atom. The second kappa shape index (κ2) is 13.5. The quantitative estimate of drug-likeness (QED) is 0.290. The van der Waals surface area contributed by atoms with Crippen LogP contribution in [0.1, 0.15) is 25.0 Å². The van der Waals surface area contributed by atoms with Gasteiger partial charge in [-0.2, -0.15) is 0 Å². The predicted molar refractivity (Wildman–Crippen MR) is 159 cm³/mol. The van der Waals surface area contributed by atoms with E-state index in [0.29, 0.717) is 34.9 Å². The van der Waals surface area contributed by atoms with Crippen LogP contribution in [0.3, 0.4) is 0 Å². The molecule has 3 aromatic rings. The van der Waals surface area contributed by atoms with Gasteiger partial charge in [0.15, 0.2) is 0 Å². The van der Waals surface area contributed by atoms with Gasteiger partial charge in [-0.05, 0) is 43.7 Å². The molecule has 11 heteroatoms. The molecule has 0 atom stereocenters. The standard InChI is InChI=1S/C30H31N5O5S/c1-3-33(4-2)27(36)19-34-26-16-9-8-15-24(26)25(21-11-6-5-7-12-21)18-35(30(34)40)32-29(39)31-22-13-10-14-23(17-22)41-20-28(37)38/h5-18H,3-4,19-20H2,1-2H3,(H,37,38)(H2,31,32,39). The number of urea groups is 2. The zero-order valence-electron chi connectivity index (χ0n) is 22.7. The van der Waals surface area contributed by atoms with Gasteiger partial charge in [-0.15, -0.1) is 11.8 Å². The summed E-state index contributed by atoms with van der Waals surface area (Å²) in [6.45, 7) is 4.54. The molecule has 3 N–H and O–H groups in total. The van der Waals surface area contributed by atoms with Gasteiger partial charge in [-0.3, -0.25) is 14.5 Å². The van der Waals surface area contributed by atoms with Crippen LogP contribution < -0.4 is 15.6 Å². The van der Waals surface area contributed by atoms with Crippen LogP contribution in [0.15, 0.2) is 90.0 Å². The van der Waals surface area contributed by atoms with Gasteiger partial charge in [0.2, 0.25) is 5.91 Å². The summed E-state index contributed by atoms with van der Waals surface area (Å²) < 4.78 is 0. The highest BCUT2D eigenvalue weighted by atomic mass is 32.2. The largest absolute Gasteiger partial charge is 0.481 e. The van der Waals surface area contributed by atoms with Crippen molar-refractivity contribution in [2.24, 2.45) is 0 Å². The van der Waals surface area contributed by atoms with E-state index in [9.17, 15) is 19.2 Å². The summed E-state index contributed by atoms with van der Waals surface area (Å²) in [5.41, 5.74) is 5.80. The van der Waals surface area contributed by atoms with Gasteiger partial charge < -0.3 is 15.3 Å². The number of fused-ring (bicyclic) bond motifs is 1. The molecule has 0 spiro atoms. The Morgan fingerprint density at radius 2 is 1.63 bits per heavy atom. The fourth-order valence-electron chi connectivity index (χ4n) is 4.39. The van der Waals surface area contributed by atoms with Crippen molar-refractivity contribution in [3.63, 3.8) is 0 Å². The number of carbonyl (C=O) groups excluding carboxylic acids is 3. The molecule has 0 bridgehead atoms. The number of nitrogens with zero attached hydrogens (tertiary/aromatic N) is 3. The lowest BCUT2D eigenvalue weighted by Gasteiger charge is -2.29. The van der Waals surface area contributed by atoms with Crippen molar-refractivity contribution >= 4 is 52.6 Å².